The Morgan fingerprint density at radius 2 is 2.09 bits per heavy atom. The number of carbonyl (C=O) groups is 2. The van der Waals surface area contributed by atoms with Gasteiger partial charge in [0.2, 0.25) is 11.8 Å². The standard InChI is InChI=1S/C17H24N2O3S/c1-4-12(2)18-17(21)15-10-23-11-19(15)16(20)9-13-5-7-14(22-3)8-6-13/h5-8,12,15H,4,9-11H2,1-3H3,(H,18,21)/t12-,15+/m1/s1. The van der Waals surface area contributed by atoms with Crippen molar-refractivity contribution in [2.75, 3.05) is 18.7 Å². The van der Waals surface area contributed by atoms with Crippen LogP contribution in [0, 0.1) is 0 Å². The fourth-order valence-corrected chi connectivity index (χ4v) is 3.55. The van der Waals surface area contributed by atoms with Gasteiger partial charge in [-0.3, -0.25) is 9.59 Å². The van der Waals surface area contributed by atoms with E-state index in [4.69, 9.17) is 4.74 Å². The summed E-state index contributed by atoms with van der Waals surface area (Å²) in [6, 6.07) is 7.22. The van der Waals surface area contributed by atoms with Crippen LogP contribution in [0.1, 0.15) is 25.8 Å². The predicted molar refractivity (Wildman–Crippen MR) is 92.6 cm³/mol. The summed E-state index contributed by atoms with van der Waals surface area (Å²) in [6.07, 6.45) is 1.18. The van der Waals surface area contributed by atoms with Gasteiger partial charge in [-0.2, -0.15) is 0 Å². The molecule has 0 spiro atoms. The van der Waals surface area contributed by atoms with Gasteiger partial charge >= 0.3 is 0 Å². The minimum absolute atomic E-state index is 0.00975. The lowest BCUT2D eigenvalue weighted by atomic mass is 10.1. The van der Waals surface area contributed by atoms with Gasteiger partial charge in [0.15, 0.2) is 0 Å². The van der Waals surface area contributed by atoms with Crippen molar-refractivity contribution in [3.8, 4) is 5.75 Å². The molecule has 1 saturated heterocycles. The van der Waals surface area contributed by atoms with Gasteiger partial charge in [-0.15, -0.1) is 11.8 Å². The molecule has 0 aromatic heterocycles. The summed E-state index contributed by atoms with van der Waals surface area (Å²) in [5, 5.41) is 2.97. The molecule has 1 aromatic carbocycles. The van der Waals surface area contributed by atoms with E-state index in [1.165, 1.54) is 0 Å². The third-order valence-electron chi connectivity index (χ3n) is 4.02. The molecular weight excluding hydrogens is 312 g/mol. The van der Waals surface area contributed by atoms with Crippen LogP contribution in [-0.4, -0.2) is 47.5 Å². The average molecular weight is 336 g/mol. The maximum atomic E-state index is 12.5. The molecule has 6 heteroatoms. The van der Waals surface area contributed by atoms with Crippen molar-refractivity contribution in [3.63, 3.8) is 0 Å². The summed E-state index contributed by atoms with van der Waals surface area (Å²) in [5.41, 5.74) is 0.925. The van der Waals surface area contributed by atoms with Crippen LogP contribution >= 0.6 is 11.8 Å². The summed E-state index contributed by atoms with van der Waals surface area (Å²) in [6.45, 7) is 4.00. The maximum Gasteiger partial charge on any atom is 0.243 e. The first-order valence-corrected chi connectivity index (χ1v) is 9.01. The van der Waals surface area contributed by atoms with Gasteiger partial charge in [0, 0.05) is 11.8 Å². The van der Waals surface area contributed by atoms with E-state index in [9.17, 15) is 9.59 Å². The van der Waals surface area contributed by atoms with Crippen molar-refractivity contribution >= 4 is 23.6 Å². The lowest BCUT2D eigenvalue weighted by Gasteiger charge is -2.24. The highest BCUT2D eigenvalue weighted by Gasteiger charge is 2.34. The number of hydrogen-bond acceptors (Lipinski definition) is 4. The Kier molecular flexibility index (Phi) is 6.33. The molecule has 1 aromatic rings. The third kappa shape index (κ3) is 4.64. The first kappa shape index (κ1) is 17.7. The molecule has 2 rings (SSSR count). The van der Waals surface area contributed by atoms with Crippen LogP contribution in [0.3, 0.4) is 0 Å². The fraction of sp³-hybridized carbons (Fsp3) is 0.529. The van der Waals surface area contributed by atoms with E-state index in [0.717, 1.165) is 17.7 Å². The van der Waals surface area contributed by atoms with Crippen LogP contribution in [0.25, 0.3) is 0 Å². The second-order valence-electron chi connectivity index (χ2n) is 5.72. The fourth-order valence-electron chi connectivity index (χ4n) is 2.37. The molecule has 1 aliphatic rings. The summed E-state index contributed by atoms with van der Waals surface area (Å²) >= 11 is 1.62. The molecule has 0 saturated carbocycles. The van der Waals surface area contributed by atoms with Crippen molar-refractivity contribution in [1.82, 2.24) is 10.2 Å². The Hall–Kier alpha value is -1.69. The molecule has 1 N–H and O–H groups in total. The van der Waals surface area contributed by atoms with Crippen LogP contribution < -0.4 is 10.1 Å². The van der Waals surface area contributed by atoms with Crippen molar-refractivity contribution < 1.29 is 14.3 Å². The van der Waals surface area contributed by atoms with Crippen molar-refractivity contribution in [3.05, 3.63) is 29.8 Å². The van der Waals surface area contributed by atoms with Crippen molar-refractivity contribution in [2.45, 2.75) is 38.8 Å². The first-order valence-electron chi connectivity index (χ1n) is 7.85. The van der Waals surface area contributed by atoms with Crippen LogP contribution in [0.5, 0.6) is 5.75 Å². The Labute approximate surface area is 141 Å². The van der Waals surface area contributed by atoms with Crippen LogP contribution in [0.15, 0.2) is 24.3 Å². The number of nitrogens with zero attached hydrogens (tertiary/aromatic N) is 1. The molecule has 5 nitrogen and oxygen atoms in total. The molecule has 1 aliphatic heterocycles. The molecule has 1 heterocycles. The van der Waals surface area contributed by atoms with Gasteiger partial charge in [0.1, 0.15) is 11.8 Å². The number of benzene rings is 1. The van der Waals surface area contributed by atoms with Crippen LogP contribution in [-0.2, 0) is 16.0 Å². The SMILES string of the molecule is CC[C@@H](C)NC(=O)[C@@H]1CSCN1C(=O)Cc1ccc(OC)cc1. The van der Waals surface area contributed by atoms with E-state index in [1.807, 2.05) is 38.1 Å². The lowest BCUT2D eigenvalue weighted by molar-refractivity contribution is -0.137. The zero-order chi connectivity index (χ0) is 16.8. The highest BCUT2D eigenvalue weighted by Crippen LogP contribution is 2.23. The Morgan fingerprint density at radius 1 is 1.39 bits per heavy atom. The number of methoxy groups -OCH3 is 1. The number of carbonyl (C=O) groups excluding carboxylic acids is 2. The largest absolute Gasteiger partial charge is 0.497 e. The lowest BCUT2D eigenvalue weighted by Crippen LogP contribution is -2.49. The number of thioether (sulfide) groups is 1. The molecule has 2 atom stereocenters. The monoisotopic (exact) mass is 336 g/mol. The van der Waals surface area contributed by atoms with Gasteiger partial charge in [-0.25, -0.2) is 0 Å². The number of amides is 2. The zero-order valence-electron chi connectivity index (χ0n) is 13.9. The van der Waals surface area contributed by atoms with Gasteiger partial charge < -0.3 is 15.0 Å². The quantitative estimate of drug-likeness (QED) is 0.864. The molecule has 0 bridgehead atoms. The molecule has 2 amide bonds. The second kappa shape index (κ2) is 8.24. The number of hydrogen-bond donors (Lipinski definition) is 1. The van der Waals surface area contributed by atoms with E-state index in [2.05, 4.69) is 5.32 Å². The molecule has 1 fully saturated rings. The summed E-state index contributed by atoms with van der Waals surface area (Å²) < 4.78 is 5.12. The van der Waals surface area contributed by atoms with Crippen LogP contribution in [0.2, 0.25) is 0 Å². The predicted octanol–water partition coefficient (Wildman–Crippen LogP) is 2.05. The van der Waals surface area contributed by atoms with E-state index in [1.54, 1.807) is 23.8 Å². The van der Waals surface area contributed by atoms with Gasteiger partial charge in [-0.05, 0) is 31.0 Å². The summed E-state index contributed by atoms with van der Waals surface area (Å²) in [7, 11) is 1.61. The first-order chi connectivity index (χ1) is 11.0. The number of ether oxygens (including phenoxy) is 1. The Bertz CT molecular complexity index is 547. The minimum Gasteiger partial charge on any atom is -0.497 e. The topological polar surface area (TPSA) is 58.6 Å². The molecule has 126 valence electrons. The smallest absolute Gasteiger partial charge is 0.243 e. The molecular formula is C17H24N2O3S. The summed E-state index contributed by atoms with van der Waals surface area (Å²) in [5.74, 6) is 1.95. The molecule has 0 unspecified atom stereocenters. The highest BCUT2D eigenvalue weighted by atomic mass is 32.2. The van der Waals surface area contributed by atoms with Crippen LogP contribution in [0.4, 0.5) is 0 Å². The number of rotatable bonds is 6. The minimum atomic E-state index is -0.361. The van der Waals surface area contributed by atoms with Crippen molar-refractivity contribution in [2.24, 2.45) is 0 Å². The van der Waals surface area contributed by atoms with E-state index in [0.29, 0.717) is 18.1 Å². The summed E-state index contributed by atoms with van der Waals surface area (Å²) in [4.78, 5) is 26.6. The van der Waals surface area contributed by atoms with E-state index >= 15 is 0 Å². The maximum absolute atomic E-state index is 12.5. The Balaban J connectivity index is 1.98. The Morgan fingerprint density at radius 3 is 2.70 bits per heavy atom. The average Bonchev–Trinajstić information content (AvgIpc) is 3.05. The zero-order valence-corrected chi connectivity index (χ0v) is 14.7. The molecule has 0 radical (unpaired) electrons. The second-order valence-corrected chi connectivity index (χ2v) is 6.72. The third-order valence-corrected chi connectivity index (χ3v) is 5.03. The molecule has 0 aliphatic carbocycles. The molecule has 23 heavy (non-hydrogen) atoms. The van der Waals surface area contributed by atoms with E-state index in [-0.39, 0.29) is 23.9 Å². The van der Waals surface area contributed by atoms with Gasteiger partial charge in [0.05, 0.1) is 19.4 Å². The van der Waals surface area contributed by atoms with Gasteiger partial charge in [0.25, 0.3) is 0 Å². The van der Waals surface area contributed by atoms with Crippen molar-refractivity contribution in [1.29, 1.82) is 0 Å². The number of nitrogens with one attached hydrogen (secondary N) is 1. The van der Waals surface area contributed by atoms with Gasteiger partial charge in [-0.1, -0.05) is 19.1 Å². The normalized spacial score (nSPS) is 18.6. The van der Waals surface area contributed by atoms with E-state index < -0.39 is 0 Å². The highest BCUT2D eigenvalue weighted by molar-refractivity contribution is 7.99.